The molecule has 0 atom stereocenters. The first-order valence-electron chi connectivity index (χ1n) is 3.20. The van der Waals surface area contributed by atoms with Gasteiger partial charge in [0.2, 0.25) is 5.95 Å². The zero-order valence-electron chi connectivity index (χ0n) is 6.33. The summed E-state index contributed by atoms with van der Waals surface area (Å²) in [6.45, 7) is 0. The second kappa shape index (κ2) is 4.08. The largest absolute Gasteiger partial charge is 0.368 e. The maximum Gasteiger partial charge on any atom is 0.222 e. The number of anilines is 1. The van der Waals surface area contributed by atoms with Gasteiger partial charge in [-0.05, 0) is 6.08 Å². The summed E-state index contributed by atoms with van der Waals surface area (Å²) in [5.74, 6) is 0.00380. The van der Waals surface area contributed by atoms with Crippen molar-refractivity contribution in [2.75, 3.05) is 5.73 Å². The van der Waals surface area contributed by atoms with E-state index >= 15 is 0 Å². The molecule has 1 rings (SSSR count). The molecule has 1 aromatic rings. The standard InChI is InChI=1S/C7H4Cl2N4/c8-5-4(2-1-3-10)6(9)13-7(11)12-5/h1-2H,(H2,11,12,13). The van der Waals surface area contributed by atoms with Crippen LogP contribution in [0.4, 0.5) is 5.95 Å². The van der Waals surface area contributed by atoms with E-state index in [2.05, 4.69) is 9.97 Å². The first-order valence-corrected chi connectivity index (χ1v) is 3.95. The highest BCUT2D eigenvalue weighted by atomic mass is 35.5. The molecule has 0 bridgehead atoms. The Kier molecular flexibility index (Phi) is 3.07. The van der Waals surface area contributed by atoms with E-state index in [0.29, 0.717) is 5.56 Å². The molecule has 4 nitrogen and oxygen atoms in total. The Hall–Kier alpha value is -1.31. The monoisotopic (exact) mass is 214 g/mol. The van der Waals surface area contributed by atoms with Crippen molar-refractivity contribution < 1.29 is 0 Å². The normalized spacial score (nSPS) is 10.2. The smallest absolute Gasteiger partial charge is 0.222 e. The molecule has 0 radical (unpaired) electrons. The van der Waals surface area contributed by atoms with E-state index in [4.69, 9.17) is 34.2 Å². The zero-order chi connectivity index (χ0) is 9.84. The average molecular weight is 215 g/mol. The van der Waals surface area contributed by atoms with Gasteiger partial charge in [-0.1, -0.05) is 23.2 Å². The van der Waals surface area contributed by atoms with Crippen molar-refractivity contribution in [3.05, 3.63) is 21.9 Å². The predicted octanol–water partition coefficient (Wildman–Crippen LogP) is 1.90. The Balaban J connectivity index is 3.22. The van der Waals surface area contributed by atoms with Gasteiger partial charge in [0.15, 0.2) is 0 Å². The second-order valence-electron chi connectivity index (χ2n) is 2.04. The van der Waals surface area contributed by atoms with Gasteiger partial charge in [-0.2, -0.15) is 5.26 Å². The molecule has 0 fully saturated rings. The molecule has 2 N–H and O–H groups in total. The van der Waals surface area contributed by atoms with E-state index in [9.17, 15) is 0 Å². The van der Waals surface area contributed by atoms with E-state index in [1.54, 1.807) is 6.07 Å². The third-order valence-corrected chi connectivity index (χ3v) is 1.77. The average Bonchev–Trinajstić information content (AvgIpc) is 2.02. The van der Waals surface area contributed by atoms with E-state index in [-0.39, 0.29) is 16.3 Å². The molecule has 0 aromatic carbocycles. The number of allylic oxidation sites excluding steroid dienone is 1. The van der Waals surface area contributed by atoms with Gasteiger partial charge in [-0.15, -0.1) is 0 Å². The van der Waals surface area contributed by atoms with Crippen molar-refractivity contribution in [1.29, 1.82) is 5.26 Å². The van der Waals surface area contributed by atoms with Crippen LogP contribution >= 0.6 is 23.2 Å². The quantitative estimate of drug-likeness (QED) is 0.573. The number of nitrogen functional groups attached to an aromatic ring is 1. The van der Waals surface area contributed by atoms with Crippen molar-refractivity contribution in [2.45, 2.75) is 0 Å². The summed E-state index contributed by atoms with van der Waals surface area (Å²) < 4.78 is 0. The lowest BCUT2D eigenvalue weighted by Crippen LogP contribution is -1.97. The molecule has 0 aliphatic heterocycles. The highest BCUT2D eigenvalue weighted by Gasteiger charge is 2.06. The number of aromatic nitrogens is 2. The molecule has 1 aromatic heterocycles. The van der Waals surface area contributed by atoms with Gasteiger partial charge in [-0.3, -0.25) is 0 Å². The van der Waals surface area contributed by atoms with E-state index < -0.39 is 0 Å². The summed E-state index contributed by atoms with van der Waals surface area (Å²) in [5, 5.41) is 8.53. The molecule has 1 heterocycles. The van der Waals surface area contributed by atoms with Crippen molar-refractivity contribution in [3.8, 4) is 6.07 Å². The third-order valence-electron chi connectivity index (χ3n) is 1.19. The van der Waals surface area contributed by atoms with Crippen LogP contribution in [0.2, 0.25) is 10.3 Å². The van der Waals surface area contributed by atoms with E-state index in [0.717, 1.165) is 0 Å². The second-order valence-corrected chi connectivity index (χ2v) is 2.76. The lowest BCUT2D eigenvalue weighted by Gasteiger charge is -2.00. The van der Waals surface area contributed by atoms with Gasteiger partial charge in [0.25, 0.3) is 0 Å². The summed E-state index contributed by atoms with van der Waals surface area (Å²) in [5.41, 5.74) is 5.66. The number of rotatable bonds is 1. The van der Waals surface area contributed by atoms with E-state index in [1.165, 1.54) is 12.2 Å². The van der Waals surface area contributed by atoms with Gasteiger partial charge >= 0.3 is 0 Å². The fraction of sp³-hybridized carbons (Fsp3) is 0. The van der Waals surface area contributed by atoms with Crippen molar-refractivity contribution in [3.63, 3.8) is 0 Å². The number of nitriles is 1. The lowest BCUT2D eigenvalue weighted by molar-refractivity contribution is 1.18. The minimum Gasteiger partial charge on any atom is -0.368 e. The van der Waals surface area contributed by atoms with Gasteiger partial charge in [0.05, 0.1) is 11.6 Å². The Morgan fingerprint density at radius 2 is 1.85 bits per heavy atom. The topological polar surface area (TPSA) is 75.6 Å². The molecule has 66 valence electrons. The number of halogens is 2. The van der Waals surface area contributed by atoms with E-state index in [1.807, 2.05) is 0 Å². The fourth-order valence-electron chi connectivity index (χ4n) is 0.690. The molecule has 13 heavy (non-hydrogen) atoms. The predicted molar refractivity (Wildman–Crippen MR) is 51.1 cm³/mol. The number of hydrogen-bond acceptors (Lipinski definition) is 4. The van der Waals surface area contributed by atoms with Crippen LogP contribution < -0.4 is 5.73 Å². The van der Waals surface area contributed by atoms with Crippen molar-refractivity contribution in [2.24, 2.45) is 0 Å². The van der Waals surface area contributed by atoms with Crippen LogP contribution in [0.15, 0.2) is 6.08 Å². The van der Waals surface area contributed by atoms with Gasteiger partial charge in [-0.25, -0.2) is 9.97 Å². The molecule has 0 amide bonds. The summed E-state index contributed by atoms with van der Waals surface area (Å²) in [6.07, 6.45) is 2.65. The number of nitrogens with two attached hydrogens (primary N) is 1. The number of hydrogen-bond donors (Lipinski definition) is 1. The highest BCUT2D eigenvalue weighted by molar-refractivity contribution is 6.35. The maximum atomic E-state index is 8.28. The minimum absolute atomic E-state index is 0.00380. The minimum atomic E-state index is 0.00380. The summed E-state index contributed by atoms with van der Waals surface area (Å²) in [6, 6.07) is 1.80. The van der Waals surface area contributed by atoms with Gasteiger partial charge < -0.3 is 5.73 Å². The van der Waals surface area contributed by atoms with Crippen LogP contribution in [-0.4, -0.2) is 9.97 Å². The summed E-state index contributed by atoms with van der Waals surface area (Å²) in [4.78, 5) is 7.35. The maximum absolute atomic E-state index is 8.28. The first kappa shape index (κ1) is 9.78. The van der Waals surface area contributed by atoms with Gasteiger partial charge in [0, 0.05) is 6.08 Å². The third kappa shape index (κ3) is 2.31. The molecule has 0 saturated carbocycles. The number of nitrogens with zero attached hydrogens (tertiary/aromatic N) is 3. The van der Waals surface area contributed by atoms with Crippen LogP contribution in [0.3, 0.4) is 0 Å². The summed E-state index contributed by atoms with van der Waals surface area (Å²) >= 11 is 11.4. The Bertz CT molecular complexity index is 371. The lowest BCUT2D eigenvalue weighted by atomic mass is 10.3. The van der Waals surface area contributed by atoms with Crippen LogP contribution in [0.5, 0.6) is 0 Å². The van der Waals surface area contributed by atoms with Crippen molar-refractivity contribution >= 4 is 35.2 Å². The zero-order valence-corrected chi connectivity index (χ0v) is 7.84. The highest BCUT2D eigenvalue weighted by Crippen LogP contribution is 2.22. The molecule has 0 saturated heterocycles. The Morgan fingerprint density at radius 3 is 2.31 bits per heavy atom. The van der Waals surface area contributed by atoms with Crippen LogP contribution in [-0.2, 0) is 0 Å². The molecule has 0 spiro atoms. The van der Waals surface area contributed by atoms with Crippen LogP contribution in [0.1, 0.15) is 5.56 Å². The summed E-state index contributed by atoms with van der Waals surface area (Å²) in [7, 11) is 0. The van der Waals surface area contributed by atoms with Crippen molar-refractivity contribution in [1.82, 2.24) is 9.97 Å². The van der Waals surface area contributed by atoms with Crippen LogP contribution in [0.25, 0.3) is 6.08 Å². The molecular weight excluding hydrogens is 211 g/mol. The van der Waals surface area contributed by atoms with Gasteiger partial charge in [0.1, 0.15) is 10.3 Å². The first-order chi connectivity index (χ1) is 6.15. The molecule has 6 heteroatoms. The fourth-order valence-corrected chi connectivity index (χ4v) is 1.22. The Morgan fingerprint density at radius 1 is 1.31 bits per heavy atom. The molecule has 0 unspecified atom stereocenters. The molecule has 0 aliphatic rings. The SMILES string of the molecule is N#CC=Cc1c(Cl)nc(N)nc1Cl. The van der Waals surface area contributed by atoms with Crippen LogP contribution in [0, 0.1) is 11.3 Å². The molecular formula is C7H4Cl2N4. The Labute approximate surface area is 84.6 Å². The molecule has 0 aliphatic carbocycles.